The summed E-state index contributed by atoms with van der Waals surface area (Å²) in [5.74, 6) is 0.582. The normalized spacial score (nSPS) is 26.6. The lowest BCUT2D eigenvalue weighted by molar-refractivity contribution is -0.0262. The Hall–Kier alpha value is -1.30. The molecule has 2 atom stereocenters. The van der Waals surface area contributed by atoms with E-state index in [1.165, 1.54) is 7.11 Å². The summed E-state index contributed by atoms with van der Waals surface area (Å²) in [6.45, 7) is 3.53. The molecule has 19 heavy (non-hydrogen) atoms. The summed E-state index contributed by atoms with van der Waals surface area (Å²) in [6.07, 6.45) is 0.499. The third-order valence-corrected chi connectivity index (χ3v) is 3.66. The molecule has 0 bridgehead atoms. The molecule has 1 saturated heterocycles. The number of phenolic OH excluding ortho intramolecular Hbond substituents is 1. The summed E-state index contributed by atoms with van der Waals surface area (Å²) in [6, 6.07) is 5.26. The molecule has 1 aliphatic heterocycles. The van der Waals surface area contributed by atoms with Crippen LogP contribution in [0, 0.1) is 0 Å². The number of benzene rings is 1. The Kier molecular flexibility index (Phi) is 4.29. The highest BCUT2D eigenvalue weighted by molar-refractivity contribution is 5.41. The first-order valence-electron chi connectivity index (χ1n) is 6.46. The van der Waals surface area contributed by atoms with Gasteiger partial charge in [-0.3, -0.25) is 0 Å². The number of nitrogens with one attached hydrogen (secondary N) is 1. The van der Waals surface area contributed by atoms with Crippen molar-refractivity contribution in [2.24, 2.45) is 0 Å². The average Bonchev–Trinajstić information content (AvgIpc) is 2.70. The number of aliphatic hydroxyl groups is 1. The minimum atomic E-state index is -0.797. The predicted molar refractivity (Wildman–Crippen MR) is 71.3 cm³/mol. The Labute approximate surface area is 113 Å². The first-order valence-corrected chi connectivity index (χ1v) is 6.46. The van der Waals surface area contributed by atoms with Gasteiger partial charge in [-0.25, -0.2) is 0 Å². The van der Waals surface area contributed by atoms with Gasteiger partial charge in [0.05, 0.1) is 13.2 Å². The molecule has 1 aromatic carbocycles. The Balaban J connectivity index is 1.87. The molecule has 1 aliphatic rings. The van der Waals surface area contributed by atoms with Gasteiger partial charge in [-0.15, -0.1) is 0 Å². The molecule has 0 spiro atoms. The molecule has 0 amide bonds. The number of hydrogen-bond acceptors (Lipinski definition) is 5. The van der Waals surface area contributed by atoms with E-state index in [1.807, 2.05) is 13.0 Å². The molecule has 0 radical (unpaired) electrons. The van der Waals surface area contributed by atoms with Crippen LogP contribution < -0.4 is 10.1 Å². The molecule has 0 aliphatic carbocycles. The van der Waals surface area contributed by atoms with Crippen LogP contribution in [0.15, 0.2) is 18.2 Å². The second kappa shape index (κ2) is 5.77. The third kappa shape index (κ3) is 3.18. The maximum atomic E-state index is 10.3. The van der Waals surface area contributed by atoms with Crippen LogP contribution in [-0.4, -0.2) is 42.2 Å². The molecule has 1 heterocycles. The van der Waals surface area contributed by atoms with E-state index in [4.69, 9.17) is 9.47 Å². The number of aromatic hydroxyl groups is 1. The van der Waals surface area contributed by atoms with Crippen LogP contribution in [-0.2, 0) is 11.3 Å². The number of methoxy groups -OCH3 is 1. The van der Waals surface area contributed by atoms with Crippen molar-refractivity contribution in [1.82, 2.24) is 5.32 Å². The van der Waals surface area contributed by atoms with E-state index >= 15 is 0 Å². The zero-order valence-corrected chi connectivity index (χ0v) is 11.3. The SMILES string of the molecule is COc1ccc(CNCC2(O)CCOC2C)cc1O. The molecule has 1 fully saturated rings. The fraction of sp³-hybridized carbons (Fsp3) is 0.571. The van der Waals surface area contributed by atoms with Crippen molar-refractivity contribution >= 4 is 0 Å². The molecule has 0 saturated carbocycles. The number of phenols is 1. The first-order chi connectivity index (χ1) is 9.05. The van der Waals surface area contributed by atoms with Gasteiger partial charge in [-0.05, 0) is 24.6 Å². The maximum Gasteiger partial charge on any atom is 0.160 e. The molecule has 106 valence electrons. The molecule has 5 heteroatoms. The second-order valence-electron chi connectivity index (χ2n) is 4.98. The smallest absolute Gasteiger partial charge is 0.160 e. The van der Waals surface area contributed by atoms with Crippen molar-refractivity contribution in [1.29, 1.82) is 0 Å². The summed E-state index contributed by atoms with van der Waals surface area (Å²) >= 11 is 0. The number of ether oxygens (including phenoxy) is 2. The fourth-order valence-corrected chi connectivity index (χ4v) is 2.27. The molecule has 1 aromatic rings. The third-order valence-electron chi connectivity index (χ3n) is 3.66. The van der Waals surface area contributed by atoms with Gasteiger partial charge in [-0.1, -0.05) is 6.07 Å². The quantitative estimate of drug-likeness (QED) is 0.743. The van der Waals surface area contributed by atoms with Crippen LogP contribution >= 0.6 is 0 Å². The van der Waals surface area contributed by atoms with Gasteiger partial charge in [0.1, 0.15) is 5.60 Å². The molecule has 3 N–H and O–H groups in total. The van der Waals surface area contributed by atoms with Crippen molar-refractivity contribution in [3.63, 3.8) is 0 Å². The number of rotatable bonds is 5. The van der Waals surface area contributed by atoms with Crippen LogP contribution in [0.1, 0.15) is 18.9 Å². The average molecular weight is 267 g/mol. The van der Waals surface area contributed by atoms with Crippen LogP contribution in [0.3, 0.4) is 0 Å². The maximum absolute atomic E-state index is 10.3. The van der Waals surface area contributed by atoms with Gasteiger partial charge in [0.15, 0.2) is 11.5 Å². The summed E-state index contributed by atoms with van der Waals surface area (Å²) in [5, 5.41) is 23.2. The molecule has 5 nitrogen and oxygen atoms in total. The molecule has 2 unspecified atom stereocenters. The summed E-state index contributed by atoms with van der Waals surface area (Å²) in [7, 11) is 1.52. The summed E-state index contributed by atoms with van der Waals surface area (Å²) < 4.78 is 10.4. The molecular weight excluding hydrogens is 246 g/mol. The van der Waals surface area contributed by atoms with Crippen LogP contribution in [0.5, 0.6) is 11.5 Å². The second-order valence-corrected chi connectivity index (χ2v) is 4.98. The zero-order chi connectivity index (χ0) is 13.9. The van der Waals surface area contributed by atoms with Gasteiger partial charge >= 0.3 is 0 Å². The fourth-order valence-electron chi connectivity index (χ4n) is 2.27. The Morgan fingerprint density at radius 2 is 2.32 bits per heavy atom. The van der Waals surface area contributed by atoms with Crippen molar-refractivity contribution in [3.8, 4) is 11.5 Å². The van der Waals surface area contributed by atoms with Gasteiger partial charge in [0.2, 0.25) is 0 Å². The lowest BCUT2D eigenvalue weighted by Crippen LogP contribution is -2.45. The van der Waals surface area contributed by atoms with E-state index < -0.39 is 5.60 Å². The van der Waals surface area contributed by atoms with E-state index in [-0.39, 0.29) is 11.9 Å². The van der Waals surface area contributed by atoms with E-state index in [2.05, 4.69) is 5.32 Å². The Morgan fingerprint density at radius 1 is 1.53 bits per heavy atom. The standard InChI is InChI=1S/C14H21NO4/c1-10-14(17,5-6-19-10)9-15-8-11-3-4-13(18-2)12(16)7-11/h3-4,7,10,15-17H,5-6,8-9H2,1-2H3. The van der Waals surface area contributed by atoms with Gasteiger partial charge in [-0.2, -0.15) is 0 Å². The lowest BCUT2D eigenvalue weighted by atomic mass is 9.96. The zero-order valence-electron chi connectivity index (χ0n) is 11.3. The van der Waals surface area contributed by atoms with Crippen molar-refractivity contribution in [2.75, 3.05) is 20.3 Å². The molecule has 0 aromatic heterocycles. The summed E-state index contributed by atoms with van der Waals surface area (Å²) in [5.41, 5.74) is 0.141. The van der Waals surface area contributed by atoms with E-state index in [0.717, 1.165) is 5.56 Å². The van der Waals surface area contributed by atoms with E-state index in [9.17, 15) is 10.2 Å². The topological polar surface area (TPSA) is 71.0 Å². The van der Waals surface area contributed by atoms with Gasteiger partial charge in [0.25, 0.3) is 0 Å². The minimum Gasteiger partial charge on any atom is -0.504 e. The highest BCUT2D eigenvalue weighted by Crippen LogP contribution is 2.27. The van der Waals surface area contributed by atoms with Crippen molar-refractivity contribution in [2.45, 2.75) is 31.6 Å². The molecular formula is C14H21NO4. The number of hydrogen-bond donors (Lipinski definition) is 3. The predicted octanol–water partition coefficient (Wildman–Crippen LogP) is 1.03. The van der Waals surface area contributed by atoms with Crippen molar-refractivity contribution in [3.05, 3.63) is 23.8 Å². The molecule has 2 rings (SSSR count). The van der Waals surface area contributed by atoms with Gasteiger partial charge in [0, 0.05) is 26.1 Å². The van der Waals surface area contributed by atoms with Gasteiger partial charge < -0.3 is 25.0 Å². The monoisotopic (exact) mass is 267 g/mol. The van der Waals surface area contributed by atoms with Crippen LogP contribution in [0.2, 0.25) is 0 Å². The van der Waals surface area contributed by atoms with Crippen LogP contribution in [0.25, 0.3) is 0 Å². The highest BCUT2D eigenvalue weighted by atomic mass is 16.5. The lowest BCUT2D eigenvalue weighted by Gasteiger charge is -2.26. The van der Waals surface area contributed by atoms with E-state index in [1.54, 1.807) is 12.1 Å². The first kappa shape index (κ1) is 14.1. The Bertz CT molecular complexity index is 437. The highest BCUT2D eigenvalue weighted by Gasteiger charge is 2.38. The largest absolute Gasteiger partial charge is 0.504 e. The minimum absolute atomic E-state index is 0.123. The Morgan fingerprint density at radius 3 is 2.89 bits per heavy atom. The summed E-state index contributed by atoms with van der Waals surface area (Å²) in [4.78, 5) is 0. The van der Waals surface area contributed by atoms with Crippen LogP contribution in [0.4, 0.5) is 0 Å². The van der Waals surface area contributed by atoms with E-state index in [0.29, 0.717) is 31.9 Å². The van der Waals surface area contributed by atoms with Crippen molar-refractivity contribution < 1.29 is 19.7 Å².